The number of nitrogens with one attached hydrogen (secondary N) is 1. The van der Waals surface area contributed by atoms with Crippen LogP contribution in [0.2, 0.25) is 0 Å². The minimum Gasteiger partial charge on any atom is -0.442 e. The zero-order chi connectivity index (χ0) is 23.7. The Balaban J connectivity index is 1.71. The molecule has 1 N–H and O–H groups in total. The summed E-state index contributed by atoms with van der Waals surface area (Å²) in [4.78, 5) is 12.6. The molecule has 0 bridgehead atoms. The summed E-state index contributed by atoms with van der Waals surface area (Å²) in [6, 6.07) is 13.1. The van der Waals surface area contributed by atoms with E-state index < -0.39 is 35.1 Å². The maximum absolute atomic E-state index is 12.7. The lowest BCUT2D eigenvalue weighted by atomic mass is 10.1. The van der Waals surface area contributed by atoms with E-state index in [1.807, 2.05) is 19.9 Å². The Morgan fingerprint density at radius 1 is 1.19 bits per heavy atom. The second kappa shape index (κ2) is 9.05. The molecule has 0 heterocycles. The molecule has 2 aromatic rings. The maximum Gasteiger partial charge on any atom is 0.416 e. The fourth-order valence-electron chi connectivity index (χ4n) is 3.62. The quantitative estimate of drug-likeness (QED) is 0.444. The molecule has 9 heteroatoms. The molecule has 0 aromatic heterocycles. The molecule has 32 heavy (non-hydrogen) atoms. The fraction of sp³-hybridized carbons (Fsp3) is 0.304. The second-order valence-corrected chi connectivity index (χ2v) is 9.06. The molecule has 2 aromatic carbocycles. The molecule has 3 rings (SSSR count). The first-order chi connectivity index (χ1) is 14.9. The minimum absolute atomic E-state index is 0.0669. The lowest BCUT2D eigenvalue weighted by Gasteiger charge is -2.14. The van der Waals surface area contributed by atoms with Crippen LogP contribution in [0.5, 0.6) is 0 Å². The number of benzene rings is 2. The summed E-state index contributed by atoms with van der Waals surface area (Å²) in [5.41, 5.74) is 0.254. The third kappa shape index (κ3) is 5.37. The Labute approximate surface area is 193 Å². The van der Waals surface area contributed by atoms with Crippen molar-refractivity contribution < 1.29 is 22.7 Å². The van der Waals surface area contributed by atoms with Crippen molar-refractivity contribution in [3.05, 3.63) is 70.2 Å². The normalized spacial score (nSPS) is 19.9. The van der Waals surface area contributed by atoms with Crippen molar-refractivity contribution in [2.24, 2.45) is 17.3 Å². The summed E-state index contributed by atoms with van der Waals surface area (Å²) < 4.78 is 43.7. The molecule has 0 amide bonds. The number of hydrogen-bond acceptors (Lipinski definition) is 4. The number of esters is 1. The first-order valence-corrected chi connectivity index (χ1v) is 10.4. The van der Waals surface area contributed by atoms with Gasteiger partial charge in [-0.15, -0.1) is 0 Å². The SMILES string of the molecule is CC1(C)C(C=C(Cl)Cl)C1C(=O)OC(C#N)c1cccc(Nc2ccc(C(F)(F)F)cc2)c1. The largest absolute Gasteiger partial charge is 0.442 e. The Morgan fingerprint density at radius 3 is 2.41 bits per heavy atom. The van der Waals surface area contributed by atoms with Crippen LogP contribution in [0.15, 0.2) is 59.1 Å². The van der Waals surface area contributed by atoms with E-state index in [0.29, 0.717) is 16.9 Å². The summed E-state index contributed by atoms with van der Waals surface area (Å²) in [6.07, 6.45) is -3.97. The van der Waals surface area contributed by atoms with Crippen molar-refractivity contribution in [1.82, 2.24) is 0 Å². The van der Waals surface area contributed by atoms with E-state index in [4.69, 9.17) is 27.9 Å². The van der Waals surface area contributed by atoms with E-state index in [2.05, 4.69) is 5.32 Å². The Morgan fingerprint density at radius 2 is 1.84 bits per heavy atom. The zero-order valence-electron chi connectivity index (χ0n) is 17.1. The topological polar surface area (TPSA) is 62.1 Å². The van der Waals surface area contributed by atoms with Crippen molar-refractivity contribution in [3.8, 4) is 6.07 Å². The van der Waals surface area contributed by atoms with Gasteiger partial charge in [0.2, 0.25) is 6.10 Å². The number of alkyl halides is 3. The van der Waals surface area contributed by atoms with E-state index >= 15 is 0 Å². The number of allylic oxidation sites excluding steroid dienone is 1. The van der Waals surface area contributed by atoms with Gasteiger partial charge >= 0.3 is 12.1 Å². The monoisotopic (exact) mass is 482 g/mol. The highest BCUT2D eigenvalue weighted by atomic mass is 35.5. The van der Waals surface area contributed by atoms with Gasteiger partial charge in [-0.2, -0.15) is 18.4 Å². The molecule has 1 aliphatic rings. The molecule has 0 saturated heterocycles. The van der Waals surface area contributed by atoms with Gasteiger partial charge in [-0.1, -0.05) is 49.2 Å². The molecule has 0 spiro atoms. The summed E-state index contributed by atoms with van der Waals surface area (Å²) in [5, 5.41) is 12.5. The standard InChI is InChI=1S/C23H19Cl2F3N2O2/c1-22(2)17(11-19(24)25)20(22)21(31)32-18(12-29)13-4-3-5-16(10-13)30-15-8-6-14(7-9-15)23(26,27)28/h3-11,17-18,20,30H,1-2H3. The van der Waals surface area contributed by atoms with Crippen molar-refractivity contribution in [1.29, 1.82) is 5.26 Å². The van der Waals surface area contributed by atoms with Crippen LogP contribution in [-0.2, 0) is 15.7 Å². The van der Waals surface area contributed by atoms with Crippen LogP contribution in [0.1, 0.15) is 31.1 Å². The molecule has 0 aliphatic heterocycles. The number of ether oxygens (including phenoxy) is 1. The first kappa shape index (κ1) is 24.0. The lowest BCUT2D eigenvalue weighted by Crippen LogP contribution is -2.14. The van der Waals surface area contributed by atoms with Crippen molar-refractivity contribution in [2.45, 2.75) is 26.1 Å². The third-order valence-electron chi connectivity index (χ3n) is 5.51. The van der Waals surface area contributed by atoms with Crippen molar-refractivity contribution in [2.75, 3.05) is 5.32 Å². The van der Waals surface area contributed by atoms with Gasteiger partial charge in [0.25, 0.3) is 0 Å². The average molecular weight is 483 g/mol. The molecule has 3 atom stereocenters. The van der Waals surface area contributed by atoms with Gasteiger partial charge in [0.05, 0.1) is 11.5 Å². The summed E-state index contributed by atoms with van der Waals surface area (Å²) in [5.74, 6) is -1.19. The first-order valence-electron chi connectivity index (χ1n) is 9.60. The predicted molar refractivity (Wildman–Crippen MR) is 116 cm³/mol. The van der Waals surface area contributed by atoms with Crippen LogP contribution in [-0.4, -0.2) is 5.97 Å². The molecule has 4 nitrogen and oxygen atoms in total. The number of hydrogen-bond donors (Lipinski definition) is 1. The van der Waals surface area contributed by atoms with Crippen LogP contribution in [0.4, 0.5) is 24.5 Å². The molecule has 1 saturated carbocycles. The smallest absolute Gasteiger partial charge is 0.416 e. The van der Waals surface area contributed by atoms with E-state index in [1.165, 1.54) is 12.1 Å². The van der Waals surface area contributed by atoms with E-state index in [0.717, 1.165) is 12.1 Å². The Hall–Kier alpha value is -2.69. The number of halogens is 5. The van der Waals surface area contributed by atoms with Crippen molar-refractivity contribution in [3.63, 3.8) is 0 Å². The molecule has 0 radical (unpaired) electrons. The van der Waals surface area contributed by atoms with Crippen LogP contribution >= 0.6 is 23.2 Å². The fourth-order valence-corrected chi connectivity index (χ4v) is 3.89. The van der Waals surface area contributed by atoms with Crippen molar-refractivity contribution >= 4 is 40.5 Å². The van der Waals surface area contributed by atoms with E-state index in [9.17, 15) is 23.2 Å². The Kier molecular flexibility index (Phi) is 6.77. The van der Waals surface area contributed by atoms with Crippen LogP contribution in [0.3, 0.4) is 0 Å². The van der Waals surface area contributed by atoms with Gasteiger partial charge in [-0.05, 0) is 53.8 Å². The summed E-state index contributed by atoms with van der Waals surface area (Å²) >= 11 is 11.4. The molecule has 1 aliphatic carbocycles. The Bertz CT molecular complexity index is 1070. The number of nitrogens with zero attached hydrogens (tertiary/aromatic N) is 1. The zero-order valence-corrected chi connectivity index (χ0v) is 18.6. The maximum atomic E-state index is 12.7. The van der Waals surface area contributed by atoms with E-state index in [1.54, 1.807) is 30.3 Å². The van der Waals surface area contributed by atoms with Crippen LogP contribution in [0.25, 0.3) is 0 Å². The van der Waals surface area contributed by atoms with Crippen LogP contribution < -0.4 is 5.32 Å². The third-order valence-corrected chi connectivity index (χ3v) is 5.76. The average Bonchev–Trinajstić information content (AvgIpc) is 3.25. The minimum atomic E-state index is -4.41. The highest BCUT2D eigenvalue weighted by Gasteiger charge is 2.62. The van der Waals surface area contributed by atoms with Gasteiger partial charge in [0.15, 0.2) is 0 Å². The van der Waals surface area contributed by atoms with Gasteiger partial charge in [-0.3, -0.25) is 4.79 Å². The number of carbonyl (C=O) groups is 1. The number of nitriles is 1. The second-order valence-electron chi connectivity index (χ2n) is 8.05. The molecule has 1 fully saturated rings. The van der Waals surface area contributed by atoms with Gasteiger partial charge in [-0.25, -0.2) is 0 Å². The lowest BCUT2D eigenvalue weighted by molar-refractivity contribution is -0.149. The number of rotatable bonds is 6. The highest BCUT2D eigenvalue weighted by Crippen LogP contribution is 2.60. The molecular weight excluding hydrogens is 464 g/mol. The molecule has 3 unspecified atom stereocenters. The van der Waals surface area contributed by atoms with Gasteiger partial charge in [0.1, 0.15) is 10.6 Å². The van der Waals surface area contributed by atoms with Gasteiger partial charge < -0.3 is 10.1 Å². The van der Waals surface area contributed by atoms with Crippen LogP contribution in [0, 0.1) is 28.6 Å². The van der Waals surface area contributed by atoms with E-state index in [-0.39, 0.29) is 10.4 Å². The summed E-state index contributed by atoms with van der Waals surface area (Å²) in [6.45, 7) is 3.76. The van der Waals surface area contributed by atoms with Gasteiger partial charge in [0, 0.05) is 16.9 Å². The molecular formula is C23H19Cl2F3N2O2. The predicted octanol–water partition coefficient (Wildman–Crippen LogP) is 7.15. The molecule has 168 valence electrons. The summed E-state index contributed by atoms with van der Waals surface area (Å²) in [7, 11) is 0. The number of carbonyl (C=O) groups excluding carboxylic acids is 1. The highest BCUT2D eigenvalue weighted by molar-refractivity contribution is 6.55. The number of anilines is 2.